The third-order valence-corrected chi connectivity index (χ3v) is 5.92. The minimum absolute atomic E-state index is 0.201. The van der Waals surface area contributed by atoms with E-state index in [0.717, 1.165) is 38.2 Å². The molecule has 0 aliphatic carbocycles. The van der Waals surface area contributed by atoms with Crippen molar-refractivity contribution in [3.05, 3.63) is 65.9 Å². The van der Waals surface area contributed by atoms with Crippen molar-refractivity contribution < 1.29 is 14.3 Å². The second kappa shape index (κ2) is 8.66. The molecule has 1 aliphatic rings. The van der Waals surface area contributed by atoms with Gasteiger partial charge < -0.3 is 18.9 Å². The fraction of sp³-hybridized carbons (Fsp3) is 0.423. The summed E-state index contributed by atoms with van der Waals surface area (Å²) in [5.41, 5.74) is 3.42. The van der Waals surface area contributed by atoms with Crippen LogP contribution in [0.15, 0.2) is 54.7 Å². The second-order valence-corrected chi connectivity index (χ2v) is 9.32. The fourth-order valence-corrected chi connectivity index (χ4v) is 4.36. The molecule has 0 atom stereocenters. The average Bonchev–Trinajstić information content (AvgIpc) is 3.12. The van der Waals surface area contributed by atoms with Crippen molar-refractivity contribution in [2.24, 2.45) is 0 Å². The zero-order valence-electron chi connectivity index (χ0n) is 18.9. The number of hydrogen-bond acceptors (Lipinski definition) is 3. The van der Waals surface area contributed by atoms with E-state index in [0.29, 0.717) is 5.92 Å². The largest absolute Gasteiger partial charge is 0.497 e. The number of piperidine rings is 1. The molecule has 3 aromatic rings. The Bertz CT molecular complexity index is 1040. The van der Waals surface area contributed by atoms with Crippen LogP contribution in [0.5, 0.6) is 5.75 Å². The second-order valence-electron chi connectivity index (χ2n) is 9.32. The van der Waals surface area contributed by atoms with E-state index < -0.39 is 5.60 Å². The summed E-state index contributed by atoms with van der Waals surface area (Å²) in [6.45, 7) is 8.02. The molecule has 2 heterocycles. The van der Waals surface area contributed by atoms with E-state index in [1.165, 1.54) is 22.0 Å². The van der Waals surface area contributed by atoms with E-state index in [1.54, 1.807) is 7.11 Å². The van der Waals surface area contributed by atoms with Crippen LogP contribution in [0.1, 0.15) is 50.7 Å². The summed E-state index contributed by atoms with van der Waals surface area (Å²) in [5, 5.41) is 1.31. The molecule has 5 nitrogen and oxygen atoms in total. The summed E-state index contributed by atoms with van der Waals surface area (Å²) in [5.74, 6) is 1.32. The van der Waals surface area contributed by atoms with Gasteiger partial charge in [0, 0.05) is 36.7 Å². The van der Waals surface area contributed by atoms with Crippen LogP contribution in [0.3, 0.4) is 0 Å². The van der Waals surface area contributed by atoms with E-state index in [2.05, 4.69) is 47.2 Å². The minimum atomic E-state index is -0.456. The summed E-state index contributed by atoms with van der Waals surface area (Å²) in [7, 11) is 1.69. The van der Waals surface area contributed by atoms with E-state index >= 15 is 0 Å². The molecule has 1 saturated heterocycles. The van der Waals surface area contributed by atoms with Gasteiger partial charge >= 0.3 is 6.09 Å². The van der Waals surface area contributed by atoms with Crippen molar-refractivity contribution >= 4 is 17.0 Å². The molecule has 2 aromatic carbocycles. The lowest BCUT2D eigenvalue weighted by Crippen LogP contribution is -2.41. The summed E-state index contributed by atoms with van der Waals surface area (Å²) < 4.78 is 13.2. The van der Waals surface area contributed by atoms with Crippen molar-refractivity contribution in [1.29, 1.82) is 0 Å². The molecule has 1 fully saturated rings. The van der Waals surface area contributed by atoms with Gasteiger partial charge in [0.2, 0.25) is 0 Å². The van der Waals surface area contributed by atoms with Crippen molar-refractivity contribution in [2.75, 3.05) is 20.2 Å². The number of carbonyl (C=O) groups excluding carboxylic acids is 1. The van der Waals surface area contributed by atoms with Crippen LogP contribution in [0, 0.1) is 0 Å². The maximum Gasteiger partial charge on any atom is 0.410 e. The number of hydrogen-bond donors (Lipinski definition) is 0. The van der Waals surface area contributed by atoms with Crippen molar-refractivity contribution in [2.45, 2.75) is 51.7 Å². The molecule has 0 N–H and O–H groups in total. The van der Waals surface area contributed by atoms with E-state index in [9.17, 15) is 4.79 Å². The maximum absolute atomic E-state index is 12.4. The number of carbonyl (C=O) groups is 1. The molecule has 164 valence electrons. The van der Waals surface area contributed by atoms with Gasteiger partial charge in [0.25, 0.3) is 0 Å². The Balaban J connectivity index is 1.52. The lowest BCUT2D eigenvalue weighted by atomic mass is 9.89. The molecule has 0 bridgehead atoms. The molecule has 4 rings (SSSR count). The monoisotopic (exact) mass is 420 g/mol. The highest BCUT2D eigenvalue weighted by Crippen LogP contribution is 2.35. The predicted octanol–water partition coefficient (Wildman–Crippen LogP) is 5.81. The van der Waals surface area contributed by atoms with Gasteiger partial charge in [-0.2, -0.15) is 0 Å². The Morgan fingerprint density at radius 1 is 1.03 bits per heavy atom. The van der Waals surface area contributed by atoms with E-state index in [4.69, 9.17) is 9.47 Å². The Morgan fingerprint density at radius 3 is 2.35 bits per heavy atom. The lowest BCUT2D eigenvalue weighted by Gasteiger charge is -2.33. The predicted molar refractivity (Wildman–Crippen MR) is 124 cm³/mol. The first kappa shape index (κ1) is 21.3. The number of benzene rings is 2. The number of fused-ring (bicyclic) bond motifs is 1. The highest BCUT2D eigenvalue weighted by molar-refractivity contribution is 5.84. The van der Waals surface area contributed by atoms with Gasteiger partial charge in [-0.25, -0.2) is 4.79 Å². The van der Waals surface area contributed by atoms with Crippen molar-refractivity contribution in [1.82, 2.24) is 9.47 Å². The highest BCUT2D eigenvalue weighted by atomic mass is 16.6. The van der Waals surface area contributed by atoms with Crippen LogP contribution in [0.25, 0.3) is 10.9 Å². The number of amides is 1. The van der Waals surface area contributed by atoms with Gasteiger partial charge in [0.1, 0.15) is 11.4 Å². The molecule has 0 saturated carbocycles. The van der Waals surface area contributed by atoms with Crippen molar-refractivity contribution in [3.63, 3.8) is 0 Å². The molecule has 31 heavy (non-hydrogen) atoms. The Hall–Kier alpha value is -2.95. The number of para-hydroxylation sites is 1. The summed E-state index contributed by atoms with van der Waals surface area (Å²) in [4.78, 5) is 14.3. The Labute approximate surface area is 184 Å². The molecule has 1 aromatic heterocycles. The first-order valence-electron chi connectivity index (χ1n) is 11.0. The zero-order chi connectivity index (χ0) is 22.0. The zero-order valence-corrected chi connectivity index (χ0v) is 18.9. The molecule has 0 spiro atoms. The van der Waals surface area contributed by atoms with Crippen LogP contribution in [-0.4, -0.2) is 41.4 Å². The SMILES string of the molecule is COc1ccc(Cn2cc(C3CCN(C(=O)OC(C)(C)C)CC3)c3ccccc32)cc1. The normalized spacial score (nSPS) is 15.3. The van der Waals surface area contributed by atoms with Gasteiger partial charge in [0.15, 0.2) is 0 Å². The van der Waals surface area contributed by atoms with Gasteiger partial charge in [-0.3, -0.25) is 0 Å². The van der Waals surface area contributed by atoms with Crippen LogP contribution >= 0.6 is 0 Å². The van der Waals surface area contributed by atoms with Crippen LogP contribution in [-0.2, 0) is 11.3 Å². The number of rotatable bonds is 4. The maximum atomic E-state index is 12.4. The Morgan fingerprint density at radius 2 is 1.71 bits per heavy atom. The first-order valence-corrected chi connectivity index (χ1v) is 11.0. The third-order valence-electron chi connectivity index (χ3n) is 5.92. The minimum Gasteiger partial charge on any atom is -0.497 e. The lowest BCUT2D eigenvalue weighted by molar-refractivity contribution is 0.0205. The van der Waals surface area contributed by atoms with Crippen LogP contribution < -0.4 is 4.74 Å². The molecule has 5 heteroatoms. The standard InChI is InChI=1S/C26H32N2O3/c1-26(2,3)31-25(29)27-15-13-20(14-16-27)23-18-28(24-8-6-5-7-22(23)24)17-19-9-11-21(30-4)12-10-19/h5-12,18,20H,13-17H2,1-4H3. The van der Waals surface area contributed by atoms with E-state index in [1.807, 2.05) is 37.8 Å². The van der Waals surface area contributed by atoms with E-state index in [-0.39, 0.29) is 6.09 Å². The summed E-state index contributed by atoms with van der Waals surface area (Å²) in [6, 6.07) is 16.9. The topological polar surface area (TPSA) is 43.7 Å². The molecule has 1 aliphatic heterocycles. The number of ether oxygens (including phenoxy) is 2. The van der Waals surface area contributed by atoms with Gasteiger partial charge in [-0.05, 0) is 68.9 Å². The number of aromatic nitrogens is 1. The first-order chi connectivity index (χ1) is 14.8. The Kier molecular flexibility index (Phi) is 5.94. The molecule has 0 unspecified atom stereocenters. The summed E-state index contributed by atoms with van der Waals surface area (Å²) in [6.07, 6.45) is 4.02. The quantitative estimate of drug-likeness (QED) is 0.535. The van der Waals surface area contributed by atoms with Crippen LogP contribution in [0.2, 0.25) is 0 Å². The summed E-state index contributed by atoms with van der Waals surface area (Å²) >= 11 is 0. The van der Waals surface area contributed by atoms with Gasteiger partial charge in [0.05, 0.1) is 7.11 Å². The number of nitrogens with zero attached hydrogens (tertiary/aromatic N) is 2. The molecule has 0 radical (unpaired) electrons. The molecular weight excluding hydrogens is 388 g/mol. The average molecular weight is 421 g/mol. The van der Waals surface area contributed by atoms with Gasteiger partial charge in [-0.15, -0.1) is 0 Å². The van der Waals surface area contributed by atoms with Gasteiger partial charge in [-0.1, -0.05) is 30.3 Å². The van der Waals surface area contributed by atoms with Crippen LogP contribution in [0.4, 0.5) is 4.79 Å². The smallest absolute Gasteiger partial charge is 0.410 e. The van der Waals surface area contributed by atoms with Crippen molar-refractivity contribution in [3.8, 4) is 5.75 Å². The number of likely N-dealkylation sites (tertiary alicyclic amines) is 1. The molecular formula is C26H32N2O3. The molecule has 1 amide bonds. The third kappa shape index (κ3) is 4.87. The fourth-order valence-electron chi connectivity index (χ4n) is 4.36. The highest BCUT2D eigenvalue weighted by Gasteiger charge is 2.28. The number of methoxy groups -OCH3 is 1.